The Morgan fingerprint density at radius 1 is 1.23 bits per heavy atom. The number of carbonyl (C=O) groups is 1. The van der Waals surface area contributed by atoms with Crippen LogP contribution in [0.1, 0.15) is 16.7 Å². The molecular weight excluding hydrogens is 346 g/mol. The molecule has 2 aromatic carbocycles. The van der Waals surface area contributed by atoms with E-state index in [1.54, 1.807) is 24.3 Å². The summed E-state index contributed by atoms with van der Waals surface area (Å²) in [6.07, 6.45) is 1.91. The maximum Gasteiger partial charge on any atom is 0.286 e. The van der Waals surface area contributed by atoms with Gasteiger partial charge in [0.25, 0.3) is 5.91 Å². The summed E-state index contributed by atoms with van der Waals surface area (Å²) in [6, 6.07) is 17.1. The van der Waals surface area contributed by atoms with Crippen molar-refractivity contribution in [1.82, 2.24) is 4.57 Å². The summed E-state index contributed by atoms with van der Waals surface area (Å²) in [4.78, 5) is 16.9. The Bertz CT molecular complexity index is 1010. The fraction of sp³-hybridized carbons (Fsp3) is 0.150. The van der Waals surface area contributed by atoms with Crippen molar-refractivity contribution < 1.29 is 9.53 Å². The maximum absolute atomic E-state index is 12.2. The number of rotatable bonds is 5. The van der Waals surface area contributed by atoms with Gasteiger partial charge in [0, 0.05) is 18.1 Å². The van der Waals surface area contributed by atoms with Gasteiger partial charge in [0.2, 0.25) is 0 Å². The predicted octanol–water partition coefficient (Wildman–Crippen LogP) is 3.28. The van der Waals surface area contributed by atoms with Crippen LogP contribution < -0.4 is 9.54 Å². The highest BCUT2D eigenvalue weighted by molar-refractivity contribution is 7.07. The Labute approximate surface area is 155 Å². The topological polar surface area (TPSA) is 67.4 Å². The molecule has 1 aromatic heterocycles. The number of aryl methyl sites for hydroxylation is 1. The van der Waals surface area contributed by atoms with Gasteiger partial charge in [-0.1, -0.05) is 42.0 Å². The van der Waals surface area contributed by atoms with Crippen LogP contribution in [0.15, 0.2) is 65.1 Å². The second-order valence-corrected chi connectivity index (χ2v) is 6.57. The van der Waals surface area contributed by atoms with Gasteiger partial charge in [0.15, 0.2) is 11.4 Å². The standard InChI is InChI=1S/C20H17N3O2S/c1-15-6-8-16(9-7-15)13-23-10-11-26-20(23)22-19(24)14-25-18-5-3-2-4-17(18)12-21/h2-11H,13-14H2,1H3. The minimum Gasteiger partial charge on any atom is -0.482 e. The number of hydrogen-bond acceptors (Lipinski definition) is 4. The van der Waals surface area contributed by atoms with Gasteiger partial charge in [0.1, 0.15) is 11.8 Å². The van der Waals surface area contributed by atoms with Crippen LogP contribution in [0, 0.1) is 18.3 Å². The zero-order valence-electron chi connectivity index (χ0n) is 14.3. The molecule has 0 fully saturated rings. The average molecular weight is 363 g/mol. The molecule has 3 rings (SSSR count). The van der Waals surface area contributed by atoms with Crippen molar-refractivity contribution in [3.63, 3.8) is 0 Å². The largest absolute Gasteiger partial charge is 0.482 e. The second-order valence-electron chi connectivity index (χ2n) is 5.70. The van der Waals surface area contributed by atoms with Crippen molar-refractivity contribution in [3.05, 3.63) is 81.6 Å². The first-order valence-corrected chi connectivity index (χ1v) is 8.92. The minimum atomic E-state index is -0.391. The van der Waals surface area contributed by atoms with Gasteiger partial charge in [-0.2, -0.15) is 10.3 Å². The number of benzene rings is 2. The number of nitriles is 1. The summed E-state index contributed by atoms with van der Waals surface area (Å²) >= 11 is 1.40. The lowest BCUT2D eigenvalue weighted by Gasteiger charge is -2.05. The first-order chi connectivity index (χ1) is 12.7. The third kappa shape index (κ3) is 4.47. The van der Waals surface area contributed by atoms with Crippen LogP contribution in [0.3, 0.4) is 0 Å². The Hall–Kier alpha value is -3.17. The first-order valence-electron chi connectivity index (χ1n) is 8.04. The van der Waals surface area contributed by atoms with Crippen LogP contribution in [0.4, 0.5) is 0 Å². The van der Waals surface area contributed by atoms with Gasteiger partial charge >= 0.3 is 0 Å². The van der Waals surface area contributed by atoms with E-state index in [4.69, 9.17) is 10.00 Å². The summed E-state index contributed by atoms with van der Waals surface area (Å²) < 4.78 is 7.37. The van der Waals surface area contributed by atoms with E-state index in [2.05, 4.69) is 29.3 Å². The smallest absolute Gasteiger partial charge is 0.286 e. The van der Waals surface area contributed by atoms with Crippen LogP contribution in [-0.4, -0.2) is 17.1 Å². The third-order valence-electron chi connectivity index (χ3n) is 3.71. The number of aromatic nitrogens is 1. The van der Waals surface area contributed by atoms with Gasteiger partial charge in [-0.05, 0) is 24.6 Å². The molecule has 1 heterocycles. The summed E-state index contributed by atoms with van der Waals surface area (Å²) in [6.45, 7) is 2.49. The monoisotopic (exact) mass is 363 g/mol. The summed E-state index contributed by atoms with van der Waals surface area (Å²) in [5.74, 6) is -0.00453. The minimum absolute atomic E-state index is 0.207. The van der Waals surface area contributed by atoms with Crippen molar-refractivity contribution in [2.24, 2.45) is 4.99 Å². The zero-order valence-corrected chi connectivity index (χ0v) is 15.1. The SMILES string of the molecule is Cc1ccc(Cn2ccsc2=NC(=O)COc2ccccc2C#N)cc1. The molecule has 0 radical (unpaired) electrons. The maximum atomic E-state index is 12.2. The van der Waals surface area contributed by atoms with Crippen molar-refractivity contribution in [3.8, 4) is 11.8 Å². The van der Waals surface area contributed by atoms with Crippen molar-refractivity contribution >= 4 is 17.2 Å². The average Bonchev–Trinajstić information content (AvgIpc) is 3.08. The van der Waals surface area contributed by atoms with E-state index in [0.29, 0.717) is 22.7 Å². The van der Waals surface area contributed by atoms with Gasteiger partial charge in [0.05, 0.1) is 5.56 Å². The molecule has 130 valence electrons. The van der Waals surface area contributed by atoms with Crippen molar-refractivity contribution in [1.29, 1.82) is 5.26 Å². The fourth-order valence-electron chi connectivity index (χ4n) is 2.36. The van der Waals surface area contributed by atoms with E-state index in [1.807, 2.05) is 29.1 Å². The van der Waals surface area contributed by atoms with E-state index in [0.717, 1.165) is 5.56 Å². The summed E-state index contributed by atoms with van der Waals surface area (Å²) in [5, 5.41) is 10.9. The van der Waals surface area contributed by atoms with Gasteiger partial charge in [-0.15, -0.1) is 11.3 Å². The molecule has 1 amide bonds. The second kappa shape index (κ2) is 8.28. The molecule has 26 heavy (non-hydrogen) atoms. The van der Waals surface area contributed by atoms with Crippen LogP contribution in [0.5, 0.6) is 5.75 Å². The van der Waals surface area contributed by atoms with Crippen molar-refractivity contribution in [2.75, 3.05) is 6.61 Å². The third-order valence-corrected chi connectivity index (χ3v) is 4.51. The highest BCUT2D eigenvalue weighted by atomic mass is 32.1. The van der Waals surface area contributed by atoms with Crippen LogP contribution in [0.2, 0.25) is 0 Å². The number of hydrogen-bond donors (Lipinski definition) is 0. The molecule has 0 unspecified atom stereocenters. The van der Waals surface area contributed by atoms with Crippen LogP contribution >= 0.6 is 11.3 Å². The molecule has 0 atom stereocenters. The molecule has 0 N–H and O–H groups in total. The fourth-order valence-corrected chi connectivity index (χ4v) is 3.11. The van der Waals surface area contributed by atoms with Gasteiger partial charge in [-0.25, -0.2) is 0 Å². The molecule has 0 aliphatic heterocycles. The summed E-state index contributed by atoms with van der Waals surface area (Å²) in [5.41, 5.74) is 2.74. The molecule has 0 saturated carbocycles. The molecular formula is C20H17N3O2S. The first kappa shape index (κ1) is 17.6. The number of para-hydroxylation sites is 1. The zero-order chi connectivity index (χ0) is 18.4. The lowest BCUT2D eigenvalue weighted by molar-refractivity contribution is -0.120. The van der Waals surface area contributed by atoms with Gasteiger partial charge in [-0.3, -0.25) is 4.79 Å². The summed E-state index contributed by atoms with van der Waals surface area (Å²) in [7, 11) is 0. The van der Waals surface area contributed by atoms with Gasteiger partial charge < -0.3 is 9.30 Å². The van der Waals surface area contributed by atoms with Crippen LogP contribution in [0.25, 0.3) is 0 Å². The molecule has 6 heteroatoms. The Balaban J connectivity index is 1.70. The molecule has 0 aliphatic rings. The number of carbonyl (C=O) groups excluding carboxylic acids is 1. The number of nitrogens with zero attached hydrogens (tertiary/aromatic N) is 3. The lowest BCUT2D eigenvalue weighted by atomic mass is 10.1. The Kier molecular flexibility index (Phi) is 5.62. The van der Waals surface area contributed by atoms with E-state index < -0.39 is 5.91 Å². The molecule has 0 saturated heterocycles. The highest BCUT2D eigenvalue weighted by Gasteiger charge is 2.06. The number of amides is 1. The number of thiazole rings is 1. The Morgan fingerprint density at radius 3 is 2.77 bits per heavy atom. The molecule has 0 spiro atoms. The highest BCUT2D eigenvalue weighted by Crippen LogP contribution is 2.16. The molecule has 3 aromatic rings. The van der Waals surface area contributed by atoms with E-state index in [9.17, 15) is 4.79 Å². The number of ether oxygens (including phenoxy) is 1. The quantitative estimate of drug-likeness (QED) is 0.699. The Morgan fingerprint density at radius 2 is 2.00 bits per heavy atom. The van der Waals surface area contributed by atoms with E-state index >= 15 is 0 Å². The van der Waals surface area contributed by atoms with Crippen LogP contribution in [-0.2, 0) is 11.3 Å². The normalized spacial score (nSPS) is 11.2. The van der Waals surface area contributed by atoms with E-state index in [1.165, 1.54) is 16.9 Å². The molecule has 0 bridgehead atoms. The predicted molar refractivity (Wildman–Crippen MR) is 99.8 cm³/mol. The lowest BCUT2D eigenvalue weighted by Crippen LogP contribution is -2.19. The van der Waals surface area contributed by atoms with E-state index in [-0.39, 0.29) is 6.61 Å². The molecule has 0 aliphatic carbocycles. The van der Waals surface area contributed by atoms with Crippen molar-refractivity contribution in [2.45, 2.75) is 13.5 Å². The molecule has 5 nitrogen and oxygen atoms in total.